The van der Waals surface area contributed by atoms with Gasteiger partial charge in [-0.25, -0.2) is 4.79 Å². The van der Waals surface area contributed by atoms with Gasteiger partial charge in [-0.2, -0.15) is 0 Å². The molecular formula is C19H34O6Si. The fourth-order valence-electron chi connectivity index (χ4n) is 2.71. The minimum atomic E-state index is -2.02. The maximum Gasteiger partial charge on any atom is 0.335 e. The van der Waals surface area contributed by atoms with Crippen molar-refractivity contribution in [3.8, 4) is 0 Å². The second kappa shape index (κ2) is 7.62. The van der Waals surface area contributed by atoms with E-state index in [1.165, 1.54) is 0 Å². The molecule has 0 saturated carbocycles. The van der Waals surface area contributed by atoms with Gasteiger partial charge < -0.3 is 23.4 Å². The van der Waals surface area contributed by atoms with Gasteiger partial charge in [-0.15, -0.1) is 0 Å². The average molecular weight is 387 g/mol. The van der Waals surface area contributed by atoms with Gasteiger partial charge in [-0.1, -0.05) is 20.8 Å². The van der Waals surface area contributed by atoms with Gasteiger partial charge in [0.05, 0.1) is 19.0 Å². The normalized spacial score (nSPS) is 29.2. The highest BCUT2D eigenvalue weighted by Gasteiger charge is 2.44. The van der Waals surface area contributed by atoms with Crippen LogP contribution < -0.4 is 0 Å². The Morgan fingerprint density at radius 2 is 2.00 bits per heavy atom. The summed E-state index contributed by atoms with van der Waals surface area (Å²) < 4.78 is 29.2. The van der Waals surface area contributed by atoms with Crippen LogP contribution in [0.15, 0.2) is 11.8 Å². The first-order valence-electron chi connectivity index (χ1n) is 9.38. The van der Waals surface area contributed by atoms with Crippen LogP contribution in [-0.2, 0) is 28.2 Å². The van der Waals surface area contributed by atoms with Crippen molar-refractivity contribution in [3.05, 3.63) is 11.8 Å². The molecule has 26 heavy (non-hydrogen) atoms. The number of ether oxygens (including phenoxy) is 4. The summed E-state index contributed by atoms with van der Waals surface area (Å²) in [6.07, 6.45) is 0.974. The van der Waals surface area contributed by atoms with E-state index < -0.39 is 26.3 Å². The number of rotatable bonds is 5. The molecule has 2 rings (SSSR count). The molecule has 1 saturated heterocycles. The molecule has 0 spiro atoms. The van der Waals surface area contributed by atoms with Crippen LogP contribution in [0.25, 0.3) is 0 Å². The molecule has 0 aromatic carbocycles. The molecule has 0 radical (unpaired) electrons. The van der Waals surface area contributed by atoms with E-state index in [4.69, 9.17) is 23.4 Å². The quantitative estimate of drug-likeness (QED) is 0.529. The van der Waals surface area contributed by atoms with Gasteiger partial charge in [0, 0.05) is 6.42 Å². The Balaban J connectivity index is 2.22. The van der Waals surface area contributed by atoms with Gasteiger partial charge in [0.25, 0.3) is 0 Å². The Morgan fingerprint density at radius 1 is 1.35 bits per heavy atom. The summed E-state index contributed by atoms with van der Waals surface area (Å²) in [6.45, 7) is 17.2. The Kier molecular flexibility index (Phi) is 6.27. The molecule has 6 nitrogen and oxygen atoms in total. The molecule has 7 heteroatoms. The van der Waals surface area contributed by atoms with Gasteiger partial charge >= 0.3 is 5.97 Å². The first-order chi connectivity index (χ1) is 11.8. The number of carbonyl (C=O) groups is 1. The maximum absolute atomic E-state index is 12.3. The summed E-state index contributed by atoms with van der Waals surface area (Å²) in [5.41, 5.74) is 0. The molecule has 3 atom stereocenters. The Labute approximate surface area is 158 Å². The van der Waals surface area contributed by atoms with Crippen molar-refractivity contribution in [2.45, 2.75) is 90.2 Å². The molecule has 0 aromatic heterocycles. The van der Waals surface area contributed by atoms with E-state index in [9.17, 15) is 4.79 Å². The zero-order valence-corrected chi connectivity index (χ0v) is 18.4. The molecule has 0 amide bonds. The number of hydrogen-bond acceptors (Lipinski definition) is 6. The number of hydrogen-bond donors (Lipinski definition) is 0. The third kappa shape index (κ3) is 5.09. The van der Waals surface area contributed by atoms with Crippen molar-refractivity contribution >= 4 is 14.3 Å². The fraction of sp³-hybridized carbons (Fsp3) is 0.842. The van der Waals surface area contributed by atoms with E-state index >= 15 is 0 Å². The molecule has 2 heterocycles. The fourth-order valence-corrected chi connectivity index (χ4v) is 3.83. The molecule has 1 fully saturated rings. The average Bonchev–Trinajstić information content (AvgIpc) is 2.86. The van der Waals surface area contributed by atoms with Crippen molar-refractivity contribution in [2.24, 2.45) is 0 Å². The van der Waals surface area contributed by atoms with Gasteiger partial charge in [0.15, 0.2) is 11.9 Å². The van der Waals surface area contributed by atoms with Crippen molar-refractivity contribution in [1.29, 1.82) is 0 Å². The highest BCUT2D eigenvalue weighted by Crippen LogP contribution is 2.40. The van der Waals surface area contributed by atoms with E-state index in [2.05, 4.69) is 33.9 Å². The van der Waals surface area contributed by atoms with E-state index in [1.807, 2.05) is 19.9 Å². The van der Waals surface area contributed by atoms with E-state index in [1.54, 1.807) is 6.92 Å². The summed E-state index contributed by atoms with van der Waals surface area (Å²) in [4.78, 5) is 12.3. The largest absolute Gasteiger partial charge is 0.547 e. The smallest absolute Gasteiger partial charge is 0.335 e. The molecule has 0 aromatic rings. The summed E-state index contributed by atoms with van der Waals surface area (Å²) in [6, 6.07) is 0. The summed E-state index contributed by atoms with van der Waals surface area (Å²) in [7, 11) is -2.02. The SMILES string of the molecule is CCOC(=O)[C@@H]1CC(O[Si](C)(C)C(C)(C)C)=C[C@H]([C@H]2COC(C)(C)O2)O1. The molecule has 150 valence electrons. The highest BCUT2D eigenvalue weighted by molar-refractivity contribution is 6.74. The van der Waals surface area contributed by atoms with Crippen LogP contribution in [0.3, 0.4) is 0 Å². The van der Waals surface area contributed by atoms with Gasteiger partial charge in [-0.05, 0) is 45.0 Å². The topological polar surface area (TPSA) is 63.2 Å². The molecule has 2 aliphatic rings. The second-order valence-electron chi connectivity index (χ2n) is 8.91. The lowest BCUT2D eigenvalue weighted by Gasteiger charge is -2.40. The molecular weight excluding hydrogens is 352 g/mol. The lowest BCUT2D eigenvalue weighted by molar-refractivity contribution is -0.174. The Bertz CT molecular complexity index is 549. The van der Waals surface area contributed by atoms with E-state index in [0.717, 1.165) is 5.76 Å². The Hall–Kier alpha value is -0.893. The third-order valence-corrected chi connectivity index (χ3v) is 9.58. The molecule has 0 aliphatic carbocycles. The van der Waals surface area contributed by atoms with Crippen molar-refractivity contribution in [3.63, 3.8) is 0 Å². The van der Waals surface area contributed by atoms with Crippen LogP contribution in [0.5, 0.6) is 0 Å². The van der Waals surface area contributed by atoms with Crippen molar-refractivity contribution in [1.82, 2.24) is 0 Å². The maximum atomic E-state index is 12.3. The zero-order chi connectivity index (χ0) is 19.8. The number of esters is 1. The van der Waals surface area contributed by atoms with E-state index in [-0.39, 0.29) is 17.1 Å². The lowest BCUT2D eigenvalue weighted by Crippen LogP contribution is -2.45. The van der Waals surface area contributed by atoms with Crippen LogP contribution in [-0.4, -0.2) is 51.6 Å². The minimum absolute atomic E-state index is 0.0655. The molecule has 0 N–H and O–H groups in total. The minimum Gasteiger partial charge on any atom is -0.547 e. The first-order valence-corrected chi connectivity index (χ1v) is 12.3. The first kappa shape index (κ1) is 21.4. The zero-order valence-electron chi connectivity index (χ0n) is 17.4. The highest BCUT2D eigenvalue weighted by atomic mass is 28.4. The van der Waals surface area contributed by atoms with Gasteiger partial charge in [0.1, 0.15) is 12.2 Å². The monoisotopic (exact) mass is 386 g/mol. The van der Waals surface area contributed by atoms with Gasteiger partial charge in [-0.3, -0.25) is 0 Å². The second-order valence-corrected chi connectivity index (χ2v) is 13.6. The summed E-state index contributed by atoms with van der Waals surface area (Å²) in [5.74, 6) is -0.224. The Morgan fingerprint density at radius 3 is 2.50 bits per heavy atom. The lowest BCUT2D eigenvalue weighted by atomic mass is 10.1. The standard InChI is InChI=1S/C19H34O6Si/c1-9-21-17(20)15-11-13(25-26(7,8)18(2,3)4)10-14(23-15)16-12-22-19(5,6)24-16/h10,14-16H,9,11-12H2,1-8H3/t14-,15+,16-/m1/s1. The van der Waals surface area contributed by atoms with Crippen molar-refractivity contribution in [2.75, 3.05) is 13.2 Å². The van der Waals surface area contributed by atoms with E-state index in [0.29, 0.717) is 19.6 Å². The van der Waals surface area contributed by atoms with Crippen LogP contribution in [0.1, 0.15) is 48.0 Å². The number of carbonyl (C=O) groups excluding carboxylic acids is 1. The van der Waals surface area contributed by atoms with Crippen LogP contribution in [0, 0.1) is 0 Å². The van der Waals surface area contributed by atoms with Gasteiger partial charge in [0.2, 0.25) is 8.32 Å². The predicted molar refractivity (Wildman–Crippen MR) is 101 cm³/mol. The molecule has 0 bridgehead atoms. The summed E-state index contributed by atoms with van der Waals surface area (Å²) in [5, 5.41) is 0.0655. The summed E-state index contributed by atoms with van der Waals surface area (Å²) >= 11 is 0. The van der Waals surface area contributed by atoms with Crippen LogP contribution in [0.4, 0.5) is 0 Å². The third-order valence-electron chi connectivity index (χ3n) is 5.20. The predicted octanol–water partition coefficient (Wildman–Crippen LogP) is 3.76. The van der Waals surface area contributed by atoms with Crippen LogP contribution in [0.2, 0.25) is 18.1 Å². The molecule has 0 unspecified atom stereocenters. The van der Waals surface area contributed by atoms with Crippen molar-refractivity contribution < 1.29 is 28.2 Å². The van der Waals surface area contributed by atoms with Crippen LogP contribution >= 0.6 is 0 Å². The molecule has 2 aliphatic heterocycles.